The Morgan fingerprint density at radius 2 is 2.22 bits per heavy atom. The van der Waals surface area contributed by atoms with E-state index in [1.54, 1.807) is 7.05 Å². The van der Waals surface area contributed by atoms with E-state index in [2.05, 4.69) is 27.0 Å². The summed E-state index contributed by atoms with van der Waals surface area (Å²) in [6.07, 6.45) is 1.43. The van der Waals surface area contributed by atoms with E-state index in [9.17, 15) is 4.79 Å². The number of carbonyl (C=O) groups is 1. The molecule has 0 spiro atoms. The number of aliphatic imine (C=N–C) groups is 1. The molecule has 1 aliphatic heterocycles. The summed E-state index contributed by atoms with van der Waals surface area (Å²) in [5.41, 5.74) is 2.08. The van der Waals surface area contributed by atoms with Crippen LogP contribution in [0.15, 0.2) is 29.3 Å². The Labute approximate surface area is 137 Å². The number of anilines is 1. The van der Waals surface area contributed by atoms with Crippen LogP contribution in [-0.2, 0) is 9.53 Å². The lowest BCUT2D eigenvalue weighted by Crippen LogP contribution is -2.41. The number of para-hydroxylation sites is 1. The van der Waals surface area contributed by atoms with Crippen molar-refractivity contribution in [3.63, 3.8) is 0 Å². The molecule has 1 heterocycles. The molecule has 0 fully saturated rings. The van der Waals surface area contributed by atoms with Gasteiger partial charge in [0.2, 0.25) is 5.91 Å². The van der Waals surface area contributed by atoms with Gasteiger partial charge in [0.15, 0.2) is 5.96 Å². The first-order valence-electron chi connectivity index (χ1n) is 8.15. The van der Waals surface area contributed by atoms with Gasteiger partial charge in [0.05, 0.1) is 0 Å². The number of nitrogens with zero attached hydrogens (tertiary/aromatic N) is 1. The number of carbonyl (C=O) groups excluding carboxylic acids is 1. The van der Waals surface area contributed by atoms with Crippen molar-refractivity contribution in [2.45, 2.75) is 25.7 Å². The highest BCUT2D eigenvalue weighted by molar-refractivity contribution is 5.94. The standard InChI is InChI=1S/C17H26N4O2/c1-3-23-10-6-9-19-17(18-2)20-12-13-11-16(22)21-15-8-5-4-7-14(13)15/h4-5,7-8,13H,3,6,9-12H2,1-2H3,(H,21,22)(H2,18,19,20). The molecular formula is C17H26N4O2. The van der Waals surface area contributed by atoms with E-state index in [0.29, 0.717) is 13.0 Å². The highest BCUT2D eigenvalue weighted by atomic mass is 16.5. The van der Waals surface area contributed by atoms with Gasteiger partial charge >= 0.3 is 0 Å². The molecule has 1 amide bonds. The van der Waals surface area contributed by atoms with E-state index >= 15 is 0 Å². The van der Waals surface area contributed by atoms with Gasteiger partial charge in [-0.05, 0) is 25.0 Å². The summed E-state index contributed by atoms with van der Waals surface area (Å²) in [6, 6.07) is 7.96. The van der Waals surface area contributed by atoms with Crippen molar-refractivity contribution in [1.29, 1.82) is 0 Å². The van der Waals surface area contributed by atoms with Crippen molar-refractivity contribution in [1.82, 2.24) is 10.6 Å². The van der Waals surface area contributed by atoms with Gasteiger partial charge in [0.25, 0.3) is 0 Å². The molecule has 0 saturated heterocycles. The molecule has 1 atom stereocenters. The number of amides is 1. The molecule has 6 nitrogen and oxygen atoms in total. The van der Waals surface area contributed by atoms with Gasteiger partial charge in [0, 0.05) is 51.4 Å². The van der Waals surface area contributed by atoms with Crippen LogP contribution in [0.1, 0.15) is 31.2 Å². The number of fused-ring (bicyclic) bond motifs is 1. The first kappa shape index (κ1) is 17.3. The Balaban J connectivity index is 1.83. The molecule has 1 aliphatic rings. The van der Waals surface area contributed by atoms with Gasteiger partial charge in [-0.1, -0.05) is 18.2 Å². The second kappa shape index (κ2) is 9.15. The second-order valence-electron chi connectivity index (χ2n) is 5.47. The fraction of sp³-hybridized carbons (Fsp3) is 0.529. The van der Waals surface area contributed by atoms with Crippen molar-refractivity contribution in [3.8, 4) is 0 Å². The summed E-state index contributed by atoms with van der Waals surface area (Å²) in [7, 11) is 1.75. The van der Waals surface area contributed by atoms with Crippen LogP contribution >= 0.6 is 0 Å². The smallest absolute Gasteiger partial charge is 0.225 e. The van der Waals surface area contributed by atoms with Crippen LogP contribution in [0.3, 0.4) is 0 Å². The Bertz CT molecular complexity index is 545. The van der Waals surface area contributed by atoms with Gasteiger partial charge in [-0.15, -0.1) is 0 Å². The topological polar surface area (TPSA) is 74.8 Å². The van der Waals surface area contributed by atoms with Crippen molar-refractivity contribution in [3.05, 3.63) is 29.8 Å². The number of hydrogen-bond donors (Lipinski definition) is 3. The monoisotopic (exact) mass is 318 g/mol. The van der Waals surface area contributed by atoms with Crippen LogP contribution in [0.5, 0.6) is 0 Å². The average molecular weight is 318 g/mol. The third-order valence-corrected chi connectivity index (χ3v) is 3.81. The van der Waals surface area contributed by atoms with E-state index in [0.717, 1.165) is 37.8 Å². The lowest BCUT2D eigenvalue weighted by Gasteiger charge is -2.26. The summed E-state index contributed by atoms with van der Waals surface area (Å²) in [4.78, 5) is 16.0. The minimum Gasteiger partial charge on any atom is -0.382 e. The molecule has 3 N–H and O–H groups in total. The highest BCUT2D eigenvalue weighted by Gasteiger charge is 2.24. The van der Waals surface area contributed by atoms with E-state index in [4.69, 9.17) is 4.74 Å². The van der Waals surface area contributed by atoms with E-state index < -0.39 is 0 Å². The number of guanidine groups is 1. The third kappa shape index (κ3) is 5.25. The molecule has 1 unspecified atom stereocenters. The SMILES string of the molecule is CCOCCCNC(=NC)NCC1CC(=O)Nc2ccccc21. The Kier molecular flexibility index (Phi) is 6.87. The van der Waals surface area contributed by atoms with Crippen LogP contribution in [0.25, 0.3) is 0 Å². The molecule has 1 aromatic rings. The van der Waals surface area contributed by atoms with Crippen molar-refractivity contribution < 1.29 is 9.53 Å². The van der Waals surface area contributed by atoms with E-state index in [-0.39, 0.29) is 11.8 Å². The van der Waals surface area contributed by atoms with Gasteiger partial charge in [-0.3, -0.25) is 9.79 Å². The maximum atomic E-state index is 11.8. The first-order valence-corrected chi connectivity index (χ1v) is 8.15. The van der Waals surface area contributed by atoms with Crippen LogP contribution in [0.2, 0.25) is 0 Å². The van der Waals surface area contributed by atoms with Crippen LogP contribution in [-0.4, -0.2) is 45.2 Å². The lowest BCUT2D eigenvalue weighted by atomic mass is 9.90. The normalized spacial score (nSPS) is 17.4. The Morgan fingerprint density at radius 3 is 3.00 bits per heavy atom. The maximum Gasteiger partial charge on any atom is 0.225 e. The summed E-state index contributed by atoms with van der Waals surface area (Å²) in [5.74, 6) is 0.974. The van der Waals surface area contributed by atoms with Crippen molar-refractivity contribution >= 4 is 17.6 Å². The number of hydrogen-bond acceptors (Lipinski definition) is 3. The van der Waals surface area contributed by atoms with Gasteiger partial charge in [-0.2, -0.15) is 0 Å². The quantitative estimate of drug-likeness (QED) is 0.406. The molecule has 6 heteroatoms. The minimum atomic E-state index is 0.0650. The molecule has 0 bridgehead atoms. The molecule has 0 saturated carbocycles. The molecule has 0 aliphatic carbocycles. The van der Waals surface area contributed by atoms with E-state index in [1.807, 2.05) is 25.1 Å². The fourth-order valence-electron chi connectivity index (χ4n) is 2.65. The predicted octanol–water partition coefficient (Wildman–Crippen LogP) is 1.70. The molecule has 0 aromatic heterocycles. The molecule has 126 valence electrons. The number of nitrogens with one attached hydrogen (secondary N) is 3. The summed E-state index contributed by atoms with van der Waals surface area (Å²) < 4.78 is 5.31. The Hall–Kier alpha value is -2.08. The van der Waals surface area contributed by atoms with Crippen LogP contribution < -0.4 is 16.0 Å². The predicted molar refractivity (Wildman–Crippen MR) is 92.9 cm³/mol. The molecule has 2 rings (SSSR count). The third-order valence-electron chi connectivity index (χ3n) is 3.81. The number of rotatable bonds is 7. The van der Waals surface area contributed by atoms with E-state index in [1.165, 1.54) is 5.56 Å². The van der Waals surface area contributed by atoms with Crippen molar-refractivity contribution in [2.24, 2.45) is 4.99 Å². The average Bonchev–Trinajstić information content (AvgIpc) is 2.57. The molecule has 0 radical (unpaired) electrons. The van der Waals surface area contributed by atoms with Gasteiger partial charge in [0.1, 0.15) is 0 Å². The molecule has 1 aromatic carbocycles. The minimum absolute atomic E-state index is 0.0650. The number of ether oxygens (including phenoxy) is 1. The summed E-state index contributed by atoms with van der Waals surface area (Å²) in [5, 5.41) is 9.49. The van der Waals surface area contributed by atoms with Crippen LogP contribution in [0.4, 0.5) is 5.69 Å². The second-order valence-corrected chi connectivity index (χ2v) is 5.47. The number of benzene rings is 1. The van der Waals surface area contributed by atoms with Crippen LogP contribution in [0, 0.1) is 0 Å². The summed E-state index contributed by atoms with van der Waals surface area (Å²) >= 11 is 0. The zero-order valence-electron chi connectivity index (χ0n) is 13.9. The first-order chi connectivity index (χ1) is 11.2. The van der Waals surface area contributed by atoms with Crippen molar-refractivity contribution in [2.75, 3.05) is 38.7 Å². The Morgan fingerprint density at radius 1 is 1.39 bits per heavy atom. The summed E-state index contributed by atoms with van der Waals surface area (Å²) in [6.45, 7) is 4.97. The van der Waals surface area contributed by atoms with Gasteiger partial charge in [-0.25, -0.2) is 0 Å². The molecule has 23 heavy (non-hydrogen) atoms. The zero-order valence-corrected chi connectivity index (χ0v) is 13.9. The largest absolute Gasteiger partial charge is 0.382 e. The zero-order chi connectivity index (χ0) is 16.5. The fourth-order valence-corrected chi connectivity index (χ4v) is 2.65. The van der Waals surface area contributed by atoms with Gasteiger partial charge < -0.3 is 20.7 Å². The molecular weight excluding hydrogens is 292 g/mol. The highest BCUT2D eigenvalue weighted by Crippen LogP contribution is 2.31. The maximum absolute atomic E-state index is 11.8. The lowest BCUT2D eigenvalue weighted by molar-refractivity contribution is -0.116.